The maximum atomic E-state index is 10.7. The van der Waals surface area contributed by atoms with Crippen molar-refractivity contribution in [1.82, 2.24) is 9.97 Å². The van der Waals surface area contributed by atoms with Gasteiger partial charge in [0.05, 0.1) is 17.1 Å². The maximum Gasteiger partial charge on any atom is 0.209 e. The van der Waals surface area contributed by atoms with E-state index in [1.54, 1.807) is 6.20 Å². The number of hydrogen-bond acceptors (Lipinski definition) is 5. The van der Waals surface area contributed by atoms with Gasteiger partial charge in [0.1, 0.15) is 5.03 Å². The Kier molecular flexibility index (Phi) is 4.06. The van der Waals surface area contributed by atoms with Crippen LogP contribution in [0.3, 0.4) is 0 Å². The molecule has 84 valence electrons. The summed E-state index contributed by atoms with van der Waals surface area (Å²) < 4.78 is 21.4. The zero-order valence-electron chi connectivity index (χ0n) is 8.60. The molecule has 0 aliphatic rings. The van der Waals surface area contributed by atoms with E-state index in [1.165, 1.54) is 11.8 Å². The second-order valence-corrected chi connectivity index (χ2v) is 5.93. The Morgan fingerprint density at radius 3 is 2.73 bits per heavy atom. The van der Waals surface area contributed by atoms with Crippen molar-refractivity contribution in [2.24, 2.45) is 5.14 Å². The van der Waals surface area contributed by atoms with Gasteiger partial charge in [0, 0.05) is 11.9 Å². The molecule has 0 aliphatic carbocycles. The molecule has 0 bridgehead atoms. The normalized spacial score (nSPS) is 11.7. The van der Waals surface area contributed by atoms with Crippen LogP contribution in [0.15, 0.2) is 11.2 Å². The topological polar surface area (TPSA) is 85.9 Å². The number of rotatable bonds is 4. The first-order valence-corrected chi connectivity index (χ1v) is 7.02. The van der Waals surface area contributed by atoms with Gasteiger partial charge in [-0.05, 0) is 13.8 Å². The van der Waals surface area contributed by atoms with Crippen molar-refractivity contribution >= 4 is 21.8 Å². The van der Waals surface area contributed by atoms with E-state index in [2.05, 4.69) is 9.97 Å². The largest absolute Gasteiger partial charge is 0.257 e. The SMILES string of the molecule is Cc1cnc(C)c(SCCS(N)(=O)=O)n1. The van der Waals surface area contributed by atoms with Gasteiger partial charge >= 0.3 is 0 Å². The first-order chi connectivity index (χ1) is 6.88. The molecule has 15 heavy (non-hydrogen) atoms. The molecule has 0 saturated heterocycles. The first kappa shape index (κ1) is 12.4. The highest BCUT2D eigenvalue weighted by Crippen LogP contribution is 2.18. The molecule has 0 amide bonds. The summed E-state index contributed by atoms with van der Waals surface area (Å²) >= 11 is 1.36. The molecule has 0 spiro atoms. The average molecular weight is 247 g/mol. The molecule has 5 nitrogen and oxygen atoms in total. The van der Waals surface area contributed by atoms with Crippen molar-refractivity contribution in [3.63, 3.8) is 0 Å². The highest BCUT2D eigenvalue weighted by molar-refractivity contribution is 8.00. The van der Waals surface area contributed by atoms with E-state index < -0.39 is 10.0 Å². The predicted octanol–water partition coefficient (Wildman–Crippen LogP) is 0.474. The zero-order chi connectivity index (χ0) is 11.5. The minimum absolute atomic E-state index is 0.0489. The lowest BCUT2D eigenvalue weighted by molar-refractivity contribution is 0.599. The Balaban J connectivity index is 2.61. The van der Waals surface area contributed by atoms with Gasteiger partial charge in [-0.15, -0.1) is 11.8 Å². The van der Waals surface area contributed by atoms with Crippen LogP contribution in [0.2, 0.25) is 0 Å². The minimum Gasteiger partial charge on any atom is -0.257 e. The van der Waals surface area contributed by atoms with E-state index in [-0.39, 0.29) is 5.75 Å². The molecule has 2 N–H and O–H groups in total. The molecule has 0 fully saturated rings. The van der Waals surface area contributed by atoms with Crippen LogP contribution in [0.25, 0.3) is 0 Å². The number of aromatic nitrogens is 2. The second-order valence-electron chi connectivity index (χ2n) is 3.12. The Hall–Kier alpha value is -0.660. The van der Waals surface area contributed by atoms with Crippen molar-refractivity contribution in [3.05, 3.63) is 17.6 Å². The molecule has 0 atom stereocenters. The van der Waals surface area contributed by atoms with Crippen LogP contribution in [0, 0.1) is 13.8 Å². The van der Waals surface area contributed by atoms with Crippen LogP contribution < -0.4 is 5.14 Å². The van der Waals surface area contributed by atoms with E-state index >= 15 is 0 Å². The average Bonchev–Trinajstić information content (AvgIpc) is 2.09. The number of primary sulfonamides is 1. The van der Waals surface area contributed by atoms with Crippen LogP contribution in [-0.4, -0.2) is 29.9 Å². The predicted molar refractivity (Wildman–Crippen MR) is 60.2 cm³/mol. The van der Waals surface area contributed by atoms with Crippen molar-refractivity contribution in [2.75, 3.05) is 11.5 Å². The van der Waals surface area contributed by atoms with Gasteiger partial charge in [0.15, 0.2) is 0 Å². The van der Waals surface area contributed by atoms with Gasteiger partial charge in [-0.2, -0.15) is 0 Å². The molecular formula is C8H13N3O2S2. The Labute approximate surface area is 93.6 Å². The summed E-state index contributed by atoms with van der Waals surface area (Å²) in [5, 5.41) is 5.65. The van der Waals surface area contributed by atoms with E-state index in [0.717, 1.165) is 16.4 Å². The third-order valence-corrected chi connectivity index (χ3v) is 3.74. The Morgan fingerprint density at radius 1 is 1.47 bits per heavy atom. The molecule has 0 aliphatic heterocycles. The fourth-order valence-electron chi connectivity index (χ4n) is 0.907. The van der Waals surface area contributed by atoms with Gasteiger partial charge in [-0.3, -0.25) is 4.98 Å². The van der Waals surface area contributed by atoms with Crippen molar-refractivity contribution in [2.45, 2.75) is 18.9 Å². The fraction of sp³-hybridized carbons (Fsp3) is 0.500. The lowest BCUT2D eigenvalue weighted by Crippen LogP contribution is -2.17. The molecule has 7 heteroatoms. The molecule has 0 saturated carbocycles. The van der Waals surface area contributed by atoms with E-state index in [1.807, 2.05) is 13.8 Å². The highest BCUT2D eigenvalue weighted by Gasteiger charge is 2.06. The lowest BCUT2D eigenvalue weighted by Gasteiger charge is -2.03. The maximum absolute atomic E-state index is 10.7. The summed E-state index contributed by atoms with van der Waals surface area (Å²) in [6.07, 6.45) is 1.68. The van der Waals surface area contributed by atoms with Gasteiger partial charge in [-0.1, -0.05) is 0 Å². The number of sulfonamides is 1. The summed E-state index contributed by atoms with van der Waals surface area (Å²) in [7, 11) is -3.39. The van der Waals surface area contributed by atoms with Crippen LogP contribution in [0.4, 0.5) is 0 Å². The third kappa shape index (κ3) is 4.59. The summed E-state index contributed by atoms with van der Waals surface area (Å²) in [4.78, 5) is 8.39. The van der Waals surface area contributed by atoms with Gasteiger partial charge < -0.3 is 0 Å². The van der Waals surface area contributed by atoms with Gasteiger partial charge in [-0.25, -0.2) is 18.5 Å². The van der Waals surface area contributed by atoms with Gasteiger partial charge in [0.25, 0.3) is 0 Å². The number of thioether (sulfide) groups is 1. The number of nitrogens with zero attached hydrogens (tertiary/aromatic N) is 2. The fourth-order valence-corrected chi connectivity index (χ4v) is 2.83. The zero-order valence-corrected chi connectivity index (χ0v) is 10.2. The molecule has 0 unspecified atom stereocenters. The lowest BCUT2D eigenvalue weighted by atomic mass is 10.4. The second kappa shape index (κ2) is 4.91. The van der Waals surface area contributed by atoms with Gasteiger partial charge in [0.2, 0.25) is 10.0 Å². The molecule has 0 aromatic carbocycles. The quantitative estimate of drug-likeness (QED) is 0.782. The first-order valence-electron chi connectivity index (χ1n) is 4.32. The number of aryl methyl sites for hydroxylation is 2. The van der Waals surface area contributed by atoms with E-state index in [0.29, 0.717) is 5.75 Å². The van der Waals surface area contributed by atoms with Crippen molar-refractivity contribution < 1.29 is 8.42 Å². The number of hydrogen-bond donors (Lipinski definition) is 1. The third-order valence-electron chi connectivity index (χ3n) is 1.64. The molecule has 0 radical (unpaired) electrons. The standard InChI is InChI=1S/C8H13N3O2S2/c1-6-5-10-7(2)8(11-6)14-3-4-15(9,12)13/h5H,3-4H2,1-2H3,(H2,9,12,13). The summed E-state index contributed by atoms with van der Waals surface area (Å²) in [6.45, 7) is 3.68. The molecule has 1 aromatic heterocycles. The smallest absolute Gasteiger partial charge is 0.209 e. The van der Waals surface area contributed by atoms with Crippen molar-refractivity contribution in [3.8, 4) is 0 Å². The van der Waals surface area contributed by atoms with Crippen molar-refractivity contribution in [1.29, 1.82) is 0 Å². The summed E-state index contributed by atoms with van der Waals surface area (Å²) in [6, 6.07) is 0. The Bertz CT molecular complexity index is 445. The molecule has 1 rings (SSSR count). The van der Waals surface area contributed by atoms with Crippen LogP contribution in [0.5, 0.6) is 0 Å². The number of nitrogens with two attached hydrogens (primary N) is 1. The van der Waals surface area contributed by atoms with Crippen LogP contribution in [0.1, 0.15) is 11.4 Å². The Morgan fingerprint density at radius 2 is 2.13 bits per heavy atom. The molecule has 1 aromatic rings. The summed E-state index contributed by atoms with van der Waals surface area (Å²) in [5.74, 6) is 0.352. The van der Waals surface area contributed by atoms with E-state index in [9.17, 15) is 8.42 Å². The summed E-state index contributed by atoms with van der Waals surface area (Å²) in [5.41, 5.74) is 1.62. The van der Waals surface area contributed by atoms with Crippen LogP contribution in [-0.2, 0) is 10.0 Å². The molecular weight excluding hydrogens is 234 g/mol. The highest BCUT2D eigenvalue weighted by atomic mass is 32.2. The van der Waals surface area contributed by atoms with E-state index in [4.69, 9.17) is 5.14 Å². The monoisotopic (exact) mass is 247 g/mol. The van der Waals surface area contributed by atoms with Crippen LogP contribution >= 0.6 is 11.8 Å². The minimum atomic E-state index is -3.39. The molecule has 1 heterocycles.